The largest absolute Gasteiger partial charge is 0.357 e. The van der Waals surface area contributed by atoms with Crippen LogP contribution in [0.3, 0.4) is 0 Å². The van der Waals surface area contributed by atoms with Crippen molar-refractivity contribution < 1.29 is 0 Å². The molecule has 0 aliphatic rings. The Labute approximate surface area is 159 Å². The number of thiazole rings is 1. The van der Waals surface area contributed by atoms with Crippen LogP contribution in [0.25, 0.3) is 0 Å². The molecule has 0 saturated heterocycles. The molecule has 2 N–H and O–H groups in total. The Balaban J connectivity index is 1.97. The Kier molecular flexibility index (Phi) is 7.78. The average Bonchev–Trinajstić information content (AvgIpc) is 2.90. The van der Waals surface area contributed by atoms with Crippen molar-refractivity contribution in [3.05, 3.63) is 44.9 Å². The molecule has 0 fully saturated rings. The van der Waals surface area contributed by atoms with Gasteiger partial charge in [0.25, 0.3) is 0 Å². The van der Waals surface area contributed by atoms with E-state index in [1.165, 1.54) is 20.9 Å². The second kappa shape index (κ2) is 9.82. The monoisotopic (exact) mass is 376 g/mol. The van der Waals surface area contributed by atoms with E-state index in [1.54, 1.807) is 23.1 Å². The fraction of sp³-hybridized carbons (Fsp3) is 0.474. The van der Waals surface area contributed by atoms with Gasteiger partial charge in [0, 0.05) is 29.3 Å². The molecule has 1 heterocycles. The van der Waals surface area contributed by atoms with Gasteiger partial charge >= 0.3 is 0 Å². The summed E-state index contributed by atoms with van der Waals surface area (Å²) < 4.78 is 0. The minimum absolute atomic E-state index is 0.685. The minimum Gasteiger partial charge on any atom is -0.357 e. The van der Waals surface area contributed by atoms with Crippen LogP contribution in [-0.4, -0.2) is 30.3 Å². The van der Waals surface area contributed by atoms with E-state index >= 15 is 0 Å². The molecule has 4 nitrogen and oxygen atoms in total. The molecule has 25 heavy (non-hydrogen) atoms. The molecule has 0 atom stereocenters. The summed E-state index contributed by atoms with van der Waals surface area (Å²) in [4.78, 5) is 11.9. The predicted molar refractivity (Wildman–Crippen MR) is 111 cm³/mol. The summed E-state index contributed by atoms with van der Waals surface area (Å²) in [5.41, 5.74) is 3.71. The highest BCUT2D eigenvalue weighted by atomic mass is 32.2. The lowest BCUT2D eigenvalue weighted by Crippen LogP contribution is -2.38. The third-order valence-electron chi connectivity index (χ3n) is 3.84. The number of guanidine groups is 1. The van der Waals surface area contributed by atoms with Gasteiger partial charge in [-0.15, -0.1) is 23.1 Å². The number of hydrogen-bond donors (Lipinski definition) is 2. The van der Waals surface area contributed by atoms with Crippen molar-refractivity contribution >= 4 is 29.1 Å². The first-order chi connectivity index (χ1) is 12.0. The van der Waals surface area contributed by atoms with E-state index in [1.807, 2.05) is 0 Å². The average molecular weight is 377 g/mol. The smallest absolute Gasteiger partial charge is 0.191 e. The van der Waals surface area contributed by atoms with Crippen molar-refractivity contribution in [3.63, 3.8) is 0 Å². The van der Waals surface area contributed by atoms with Crippen molar-refractivity contribution in [2.75, 3.05) is 19.3 Å². The van der Waals surface area contributed by atoms with Crippen LogP contribution in [0.4, 0.5) is 0 Å². The molecular weight excluding hydrogens is 348 g/mol. The zero-order valence-corrected chi connectivity index (χ0v) is 17.4. The van der Waals surface area contributed by atoms with Crippen LogP contribution >= 0.6 is 23.1 Å². The quantitative estimate of drug-likeness (QED) is 0.434. The number of aliphatic imine (C=N–C) groups is 1. The number of rotatable bonds is 7. The second-order valence-electron chi connectivity index (χ2n) is 5.93. The van der Waals surface area contributed by atoms with E-state index in [4.69, 9.17) is 4.99 Å². The number of aromatic nitrogens is 1. The summed E-state index contributed by atoms with van der Waals surface area (Å²) in [6, 6.07) is 6.56. The molecule has 0 unspecified atom stereocenters. The van der Waals surface area contributed by atoms with E-state index in [0.717, 1.165) is 36.2 Å². The van der Waals surface area contributed by atoms with Crippen LogP contribution in [0.5, 0.6) is 0 Å². The van der Waals surface area contributed by atoms with Crippen LogP contribution in [0, 0.1) is 20.8 Å². The number of nitrogens with one attached hydrogen (secondary N) is 2. The summed E-state index contributed by atoms with van der Waals surface area (Å²) >= 11 is 3.56. The Bertz CT molecular complexity index is 722. The number of aryl methyl sites for hydroxylation is 3. The summed E-state index contributed by atoms with van der Waals surface area (Å²) in [5, 5.41) is 7.90. The third kappa shape index (κ3) is 6.04. The van der Waals surface area contributed by atoms with Gasteiger partial charge in [0.2, 0.25) is 0 Å². The SMILES string of the molecule is CCNC(=NCc1ccc(C)cc1SC)NCCc1sc(C)nc1C. The Morgan fingerprint density at radius 3 is 2.68 bits per heavy atom. The van der Waals surface area contributed by atoms with Gasteiger partial charge in [-0.05, 0) is 51.1 Å². The second-order valence-corrected chi connectivity index (χ2v) is 8.06. The van der Waals surface area contributed by atoms with Crippen LogP contribution in [-0.2, 0) is 13.0 Å². The van der Waals surface area contributed by atoms with Gasteiger partial charge in [-0.1, -0.05) is 12.1 Å². The molecule has 0 amide bonds. The lowest BCUT2D eigenvalue weighted by Gasteiger charge is -2.12. The van der Waals surface area contributed by atoms with E-state index in [9.17, 15) is 0 Å². The maximum atomic E-state index is 4.75. The summed E-state index contributed by atoms with van der Waals surface area (Å²) in [5.74, 6) is 0.869. The summed E-state index contributed by atoms with van der Waals surface area (Å²) in [7, 11) is 0. The fourth-order valence-electron chi connectivity index (χ4n) is 2.59. The van der Waals surface area contributed by atoms with Crippen molar-refractivity contribution in [1.82, 2.24) is 15.6 Å². The molecule has 0 saturated carbocycles. The first-order valence-corrected chi connectivity index (χ1v) is 10.7. The fourth-order valence-corrected chi connectivity index (χ4v) is 4.22. The van der Waals surface area contributed by atoms with Crippen LogP contribution in [0.2, 0.25) is 0 Å². The van der Waals surface area contributed by atoms with Crippen molar-refractivity contribution in [2.45, 2.75) is 45.6 Å². The molecule has 1 aromatic heterocycles. The standard InChI is InChI=1S/C19H28N4S2/c1-6-20-19(21-10-9-17-14(3)23-15(4)25-17)22-12-16-8-7-13(2)11-18(16)24-5/h7-8,11H,6,9-10,12H2,1-5H3,(H2,20,21,22). The molecular formula is C19H28N4S2. The number of hydrogen-bond acceptors (Lipinski definition) is 4. The zero-order valence-electron chi connectivity index (χ0n) is 15.8. The Hall–Kier alpha value is -1.53. The Morgan fingerprint density at radius 1 is 1.24 bits per heavy atom. The van der Waals surface area contributed by atoms with Gasteiger partial charge < -0.3 is 10.6 Å². The van der Waals surface area contributed by atoms with Gasteiger partial charge in [-0.2, -0.15) is 0 Å². The molecule has 1 aromatic carbocycles. The van der Waals surface area contributed by atoms with E-state index in [0.29, 0.717) is 6.54 Å². The van der Waals surface area contributed by atoms with Crippen LogP contribution in [0.1, 0.15) is 33.6 Å². The molecule has 6 heteroatoms. The number of thioether (sulfide) groups is 1. The van der Waals surface area contributed by atoms with Gasteiger partial charge in [-0.25, -0.2) is 9.98 Å². The highest BCUT2D eigenvalue weighted by Crippen LogP contribution is 2.22. The van der Waals surface area contributed by atoms with E-state index in [-0.39, 0.29) is 0 Å². The molecule has 0 spiro atoms. The first-order valence-electron chi connectivity index (χ1n) is 8.62. The van der Waals surface area contributed by atoms with Gasteiger partial charge in [-0.3, -0.25) is 0 Å². The topological polar surface area (TPSA) is 49.3 Å². The van der Waals surface area contributed by atoms with E-state index in [2.05, 4.69) is 67.8 Å². The maximum absolute atomic E-state index is 4.75. The van der Waals surface area contributed by atoms with E-state index < -0.39 is 0 Å². The van der Waals surface area contributed by atoms with Gasteiger partial charge in [0.05, 0.1) is 17.2 Å². The third-order valence-corrected chi connectivity index (χ3v) is 5.79. The zero-order chi connectivity index (χ0) is 18.2. The highest BCUT2D eigenvalue weighted by molar-refractivity contribution is 7.98. The van der Waals surface area contributed by atoms with Gasteiger partial charge in [0.15, 0.2) is 5.96 Å². The minimum atomic E-state index is 0.685. The lowest BCUT2D eigenvalue weighted by molar-refractivity contribution is 0.800. The maximum Gasteiger partial charge on any atom is 0.191 e. The molecule has 2 aromatic rings. The Morgan fingerprint density at radius 2 is 2.04 bits per heavy atom. The number of benzene rings is 1. The molecule has 136 valence electrons. The molecule has 2 rings (SSSR count). The molecule has 0 bridgehead atoms. The van der Waals surface area contributed by atoms with Crippen molar-refractivity contribution in [2.24, 2.45) is 4.99 Å². The molecule has 0 aliphatic heterocycles. The first kappa shape index (κ1) is 19.8. The van der Waals surface area contributed by atoms with Crippen LogP contribution < -0.4 is 10.6 Å². The molecule has 0 radical (unpaired) electrons. The van der Waals surface area contributed by atoms with Gasteiger partial charge in [0.1, 0.15) is 0 Å². The molecule has 0 aliphatic carbocycles. The predicted octanol–water partition coefficient (Wildman–Crippen LogP) is 4.09. The van der Waals surface area contributed by atoms with Crippen LogP contribution in [0.15, 0.2) is 28.1 Å². The van der Waals surface area contributed by atoms with Crippen molar-refractivity contribution in [1.29, 1.82) is 0 Å². The van der Waals surface area contributed by atoms with Crippen molar-refractivity contribution in [3.8, 4) is 0 Å². The summed E-state index contributed by atoms with van der Waals surface area (Å²) in [6.45, 7) is 10.8. The summed E-state index contributed by atoms with van der Waals surface area (Å²) in [6.07, 6.45) is 3.09. The lowest BCUT2D eigenvalue weighted by atomic mass is 10.1. The normalized spacial score (nSPS) is 11.6. The number of nitrogens with zero attached hydrogens (tertiary/aromatic N) is 2. The highest BCUT2D eigenvalue weighted by Gasteiger charge is 2.06.